The summed E-state index contributed by atoms with van der Waals surface area (Å²) in [4.78, 5) is 0.00970. The van der Waals surface area contributed by atoms with Crippen molar-refractivity contribution in [1.29, 1.82) is 0 Å². The molecule has 0 aliphatic carbocycles. The lowest BCUT2D eigenvalue weighted by atomic mass is 10.2. The van der Waals surface area contributed by atoms with E-state index in [0.717, 1.165) is 5.56 Å². The first-order valence-electron chi connectivity index (χ1n) is 6.52. The molecule has 0 aliphatic rings. The predicted octanol–water partition coefficient (Wildman–Crippen LogP) is 3.49. The minimum absolute atomic E-state index is 0.00970. The largest absolute Gasteiger partial charge is 0.493 e. The van der Waals surface area contributed by atoms with Crippen LogP contribution in [0.4, 0.5) is 0 Å². The third-order valence-electron chi connectivity index (χ3n) is 3.06. The number of methoxy groups -OCH3 is 2. The third kappa shape index (κ3) is 4.51. The van der Waals surface area contributed by atoms with Gasteiger partial charge in [-0.25, -0.2) is 13.1 Å². The molecule has 0 bridgehead atoms. The van der Waals surface area contributed by atoms with Gasteiger partial charge in [-0.1, -0.05) is 29.3 Å². The Kier molecular flexibility index (Phi) is 5.75. The average Bonchev–Trinajstić information content (AvgIpc) is 2.51. The molecule has 0 radical (unpaired) electrons. The standard InChI is InChI=1S/C15H15Cl2NO4S/c1-21-14-4-3-10(5-15(14)22-2)9-18-23(19,20)13-7-11(16)6-12(17)8-13/h3-8,18H,9H2,1-2H3. The Morgan fingerprint density at radius 2 is 1.57 bits per heavy atom. The van der Waals surface area contributed by atoms with Gasteiger partial charge in [0.15, 0.2) is 11.5 Å². The maximum absolute atomic E-state index is 12.3. The maximum atomic E-state index is 12.3. The van der Waals surface area contributed by atoms with E-state index < -0.39 is 10.0 Å². The van der Waals surface area contributed by atoms with Crippen molar-refractivity contribution in [2.24, 2.45) is 0 Å². The first-order chi connectivity index (χ1) is 10.9. The molecule has 0 amide bonds. The molecule has 0 spiro atoms. The number of hydrogen-bond donors (Lipinski definition) is 1. The second-order valence-corrected chi connectivity index (χ2v) is 7.26. The van der Waals surface area contributed by atoms with Crippen LogP contribution in [0.25, 0.3) is 0 Å². The van der Waals surface area contributed by atoms with Gasteiger partial charge >= 0.3 is 0 Å². The van der Waals surface area contributed by atoms with E-state index in [9.17, 15) is 8.42 Å². The Morgan fingerprint density at radius 1 is 0.957 bits per heavy atom. The van der Waals surface area contributed by atoms with Crippen molar-refractivity contribution < 1.29 is 17.9 Å². The molecule has 2 aromatic carbocycles. The summed E-state index contributed by atoms with van der Waals surface area (Å²) in [6.07, 6.45) is 0. The van der Waals surface area contributed by atoms with E-state index in [-0.39, 0.29) is 21.5 Å². The summed E-state index contributed by atoms with van der Waals surface area (Å²) in [6, 6.07) is 9.30. The van der Waals surface area contributed by atoms with Crippen LogP contribution in [-0.2, 0) is 16.6 Å². The molecular formula is C15H15Cl2NO4S. The summed E-state index contributed by atoms with van der Waals surface area (Å²) in [5, 5.41) is 0.507. The normalized spacial score (nSPS) is 11.3. The molecule has 5 nitrogen and oxygen atoms in total. The minimum Gasteiger partial charge on any atom is -0.493 e. The smallest absolute Gasteiger partial charge is 0.240 e. The highest BCUT2D eigenvalue weighted by Crippen LogP contribution is 2.28. The highest BCUT2D eigenvalue weighted by molar-refractivity contribution is 7.89. The summed E-state index contributed by atoms with van der Waals surface area (Å²) >= 11 is 11.7. The molecule has 124 valence electrons. The van der Waals surface area contributed by atoms with Crippen molar-refractivity contribution in [3.8, 4) is 11.5 Å². The number of nitrogens with one attached hydrogen (secondary N) is 1. The molecule has 0 saturated carbocycles. The van der Waals surface area contributed by atoms with Gasteiger partial charge in [0.2, 0.25) is 10.0 Å². The van der Waals surface area contributed by atoms with Gasteiger partial charge in [0, 0.05) is 16.6 Å². The van der Waals surface area contributed by atoms with Gasteiger partial charge in [-0.2, -0.15) is 0 Å². The first-order valence-corrected chi connectivity index (χ1v) is 8.76. The molecule has 0 fully saturated rings. The van der Waals surface area contributed by atoms with Gasteiger partial charge in [0.05, 0.1) is 19.1 Å². The molecule has 8 heteroatoms. The molecule has 2 aromatic rings. The van der Waals surface area contributed by atoms with Crippen LogP contribution >= 0.6 is 23.2 Å². The SMILES string of the molecule is COc1ccc(CNS(=O)(=O)c2cc(Cl)cc(Cl)c2)cc1OC. The van der Waals surface area contributed by atoms with E-state index >= 15 is 0 Å². The zero-order chi connectivity index (χ0) is 17.0. The highest BCUT2D eigenvalue weighted by atomic mass is 35.5. The van der Waals surface area contributed by atoms with Gasteiger partial charge in [-0.15, -0.1) is 0 Å². The molecule has 0 atom stereocenters. The van der Waals surface area contributed by atoms with E-state index in [1.807, 2.05) is 0 Å². The molecule has 2 rings (SSSR count). The van der Waals surface area contributed by atoms with Crippen molar-refractivity contribution in [2.75, 3.05) is 14.2 Å². The van der Waals surface area contributed by atoms with Crippen LogP contribution in [0.3, 0.4) is 0 Å². The maximum Gasteiger partial charge on any atom is 0.240 e. The zero-order valence-electron chi connectivity index (χ0n) is 12.5. The number of sulfonamides is 1. The number of rotatable bonds is 6. The monoisotopic (exact) mass is 375 g/mol. The van der Waals surface area contributed by atoms with Crippen molar-refractivity contribution in [1.82, 2.24) is 4.72 Å². The van der Waals surface area contributed by atoms with Gasteiger partial charge in [-0.3, -0.25) is 0 Å². The Hall–Kier alpha value is -1.47. The van der Waals surface area contributed by atoms with Crippen LogP contribution in [0.5, 0.6) is 11.5 Å². The third-order valence-corrected chi connectivity index (χ3v) is 4.88. The molecule has 23 heavy (non-hydrogen) atoms. The summed E-state index contributed by atoms with van der Waals surface area (Å²) in [5.74, 6) is 1.09. The quantitative estimate of drug-likeness (QED) is 0.838. The number of benzene rings is 2. The van der Waals surface area contributed by atoms with Gasteiger partial charge in [0.1, 0.15) is 0 Å². The van der Waals surface area contributed by atoms with Crippen molar-refractivity contribution in [3.63, 3.8) is 0 Å². The van der Waals surface area contributed by atoms with Crippen molar-refractivity contribution in [2.45, 2.75) is 11.4 Å². The Morgan fingerprint density at radius 3 is 2.13 bits per heavy atom. The lowest BCUT2D eigenvalue weighted by Gasteiger charge is -2.11. The van der Waals surface area contributed by atoms with Gasteiger partial charge < -0.3 is 9.47 Å². The van der Waals surface area contributed by atoms with Gasteiger partial charge in [0.25, 0.3) is 0 Å². The van der Waals surface area contributed by atoms with Gasteiger partial charge in [-0.05, 0) is 35.9 Å². The molecule has 0 aliphatic heterocycles. The molecule has 0 saturated heterocycles. The second kappa shape index (κ2) is 7.40. The molecule has 0 heterocycles. The molecular weight excluding hydrogens is 361 g/mol. The van der Waals surface area contributed by atoms with Crippen LogP contribution < -0.4 is 14.2 Å². The summed E-state index contributed by atoms with van der Waals surface area (Å²) < 4.78 is 37.4. The first kappa shape index (κ1) is 17.9. The summed E-state index contributed by atoms with van der Waals surface area (Å²) in [5.41, 5.74) is 0.722. The lowest BCUT2D eigenvalue weighted by molar-refractivity contribution is 0.354. The van der Waals surface area contributed by atoms with Crippen LogP contribution in [-0.4, -0.2) is 22.6 Å². The fourth-order valence-electron chi connectivity index (χ4n) is 1.94. The van der Waals surface area contributed by atoms with Crippen LogP contribution in [0.2, 0.25) is 10.0 Å². The van der Waals surface area contributed by atoms with Crippen molar-refractivity contribution in [3.05, 3.63) is 52.0 Å². The summed E-state index contributed by atoms with van der Waals surface area (Å²) in [6.45, 7) is 0.0901. The Bertz CT molecular complexity index is 789. The lowest BCUT2D eigenvalue weighted by Crippen LogP contribution is -2.23. The Labute approximate surface area is 145 Å². The fourth-order valence-corrected chi connectivity index (χ4v) is 3.68. The van der Waals surface area contributed by atoms with E-state index in [1.54, 1.807) is 18.2 Å². The fraction of sp³-hybridized carbons (Fsp3) is 0.200. The Balaban J connectivity index is 2.19. The van der Waals surface area contributed by atoms with Crippen molar-refractivity contribution >= 4 is 33.2 Å². The number of ether oxygens (including phenoxy) is 2. The summed E-state index contributed by atoms with van der Waals surface area (Å²) in [7, 11) is -0.685. The number of halogens is 2. The van der Waals surface area contributed by atoms with E-state index in [1.165, 1.54) is 32.4 Å². The molecule has 0 unspecified atom stereocenters. The van der Waals surface area contributed by atoms with E-state index in [4.69, 9.17) is 32.7 Å². The molecule has 0 aromatic heterocycles. The van der Waals surface area contributed by atoms with Crippen LogP contribution in [0.15, 0.2) is 41.3 Å². The second-order valence-electron chi connectivity index (χ2n) is 4.62. The van der Waals surface area contributed by atoms with E-state index in [2.05, 4.69) is 4.72 Å². The topological polar surface area (TPSA) is 64.6 Å². The zero-order valence-corrected chi connectivity index (χ0v) is 14.8. The average molecular weight is 376 g/mol. The van der Waals surface area contributed by atoms with Crippen LogP contribution in [0, 0.1) is 0 Å². The van der Waals surface area contributed by atoms with E-state index in [0.29, 0.717) is 11.5 Å². The molecule has 1 N–H and O–H groups in total. The highest BCUT2D eigenvalue weighted by Gasteiger charge is 2.16. The number of hydrogen-bond acceptors (Lipinski definition) is 4. The predicted molar refractivity (Wildman–Crippen MR) is 90.0 cm³/mol. The van der Waals surface area contributed by atoms with Crippen LogP contribution in [0.1, 0.15) is 5.56 Å². The minimum atomic E-state index is -3.73.